The van der Waals surface area contributed by atoms with Gasteiger partial charge < -0.3 is 10.6 Å². The molecule has 0 aromatic carbocycles. The maximum atomic E-state index is 3.90. The van der Waals surface area contributed by atoms with Crippen LogP contribution in [0.1, 0.15) is 51.9 Å². The minimum absolute atomic E-state index is 0.812. The van der Waals surface area contributed by atoms with Crippen LogP contribution in [0.15, 0.2) is 0 Å². The minimum atomic E-state index is 0.812. The van der Waals surface area contributed by atoms with Crippen molar-refractivity contribution in [2.75, 3.05) is 13.1 Å². The molecule has 0 amide bonds. The summed E-state index contributed by atoms with van der Waals surface area (Å²) in [4.78, 5) is 0. The smallest absolute Gasteiger partial charge is 0.0111 e. The molecule has 2 nitrogen and oxygen atoms in total. The first kappa shape index (κ1) is 12.0. The number of hydrogen-bond donors (Lipinski definition) is 2. The summed E-state index contributed by atoms with van der Waals surface area (Å²) in [6, 6.07) is 1.64. The van der Waals surface area contributed by atoms with Crippen LogP contribution in [-0.4, -0.2) is 25.2 Å². The summed E-state index contributed by atoms with van der Waals surface area (Å²) in [7, 11) is 0. The molecule has 0 radical (unpaired) electrons. The summed E-state index contributed by atoms with van der Waals surface area (Å²) >= 11 is 0. The summed E-state index contributed by atoms with van der Waals surface area (Å²) in [5.74, 6) is 2.91. The van der Waals surface area contributed by atoms with E-state index in [0.717, 1.165) is 29.8 Å². The highest BCUT2D eigenvalue weighted by Crippen LogP contribution is 2.38. The van der Waals surface area contributed by atoms with Crippen molar-refractivity contribution in [2.45, 2.75) is 64.0 Å². The largest absolute Gasteiger partial charge is 0.314 e. The van der Waals surface area contributed by atoms with Crippen molar-refractivity contribution >= 4 is 0 Å². The van der Waals surface area contributed by atoms with Gasteiger partial charge in [0.05, 0.1) is 0 Å². The highest BCUT2D eigenvalue weighted by atomic mass is 15.0. The van der Waals surface area contributed by atoms with Crippen LogP contribution in [0.4, 0.5) is 0 Å². The summed E-state index contributed by atoms with van der Waals surface area (Å²) in [6.07, 6.45) is 10.1. The van der Waals surface area contributed by atoms with E-state index in [0.29, 0.717) is 0 Å². The van der Waals surface area contributed by atoms with Gasteiger partial charge in [-0.15, -0.1) is 0 Å². The van der Waals surface area contributed by atoms with E-state index in [-0.39, 0.29) is 0 Å². The van der Waals surface area contributed by atoms with Crippen molar-refractivity contribution in [3.8, 4) is 0 Å². The molecule has 3 rings (SSSR count). The zero-order valence-corrected chi connectivity index (χ0v) is 11.3. The molecule has 5 atom stereocenters. The lowest BCUT2D eigenvalue weighted by molar-refractivity contribution is 0.213. The third-order valence-corrected chi connectivity index (χ3v) is 5.35. The molecule has 3 aliphatic rings. The molecule has 0 aromatic rings. The molecule has 17 heavy (non-hydrogen) atoms. The standard InChI is InChI=1S/C15H28N2/c1-11-9-12(11)10-17-15-6-3-2-5-13(15)14-7-4-8-16-14/h11-17H,2-10H2,1H3. The van der Waals surface area contributed by atoms with Gasteiger partial charge in [-0.25, -0.2) is 0 Å². The fourth-order valence-corrected chi connectivity index (χ4v) is 3.96. The van der Waals surface area contributed by atoms with Crippen molar-refractivity contribution < 1.29 is 0 Å². The predicted octanol–water partition coefficient (Wildman–Crippen LogP) is 2.54. The van der Waals surface area contributed by atoms with Crippen molar-refractivity contribution in [1.82, 2.24) is 10.6 Å². The highest BCUT2D eigenvalue weighted by Gasteiger charge is 2.36. The Hall–Kier alpha value is -0.0800. The molecule has 3 fully saturated rings. The summed E-state index contributed by atoms with van der Waals surface area (Å²) in [6.45, 7) is 4.94. The molecule has 2 N–H and O–H groups in total. The second-order valence-corrected chi connectivity index (χ2v) is 6.64. The van der Waals surface area contributed by atoms with Crippen molar-refractivity contribution in [3.63, 3.8) is 0 Å². The van der Waals surface area contributed by atoms with Gasteiger partial charge in [-0.05, 0) is 62.9 Å². The van der Waals surface area contributed by atoms with E-state index in [1.807, 2.05) is 0 Å². The van der Waals surface area contributed by atoms with Crippen molar-refractivity contribution in [1.29, 1.82) is 0 Å². The Morgan fingerprint density at radius 3 is 2.65 bits per heavy atom. The topological polar surface area (TPSA) is 24.1 Å². The Morgan fingerprint density at radius 1 is 1.12 bits per heavy atom. The Balaban J connectivity index is 1.51. The van der Waals surface area contributed by atoms with E-state index in [1.54, 1.807) is 0 Å². The van der Waals surface area contributed by atoms with Crippen molar-refractivity contribution in [3.05, 3.63) is 0 Å². The summed E-state index contributed by atoms with van der Waals surface area (Å²) < 4.78 is 0. The molecular formula is C15H28N2. The van der Waals surface area contributed by atoms with Gasteiger partial charge in [0.25, 0.3) is 0 Å². The van der Waals surface area contributed by atoms with E-state index in [2.05, 4.69) is 17.6 Å². The number of rotatable bonds is 4. The molecule has 2 aliphatic carbocycles. The van der Waals surface area contributed by atoms with E-state index < -0.39 is 0 Å². The zero-order valence-electron chi connectivity index (χ0n) is 11.3. The van der Waals surface area contributed by atoms with Crippen LogP contribution in [0, 0.1) is 17.8 Å². The molecule has 2 heteroatoms. The van der Waals surface area contributed by atoms with Crippen LogP contribution in [-0.2, 0) is 0 Å². The van der Waals surface area contributed by atoms with Crippen LogP contribution >= 0.6 is 0 Å². The minimum Gasteiger partial charge on any atom is -0.314 e. The lowest BCUT2D eigenvalue weighted by Gasteiger charge is -2.36. The predicted molar refractivity (Wildman–Crippen MR) is 72.0 cm³/mol. The molecule has 1 aliphatic heterocycles. The lowest BCUT2D eigenvalue weighted by Crippen LogP contribution is -2.47. The van der Waals surface area contributed by atoms with E-state index >= 15 is 0 Å². The second kappa shape index (κ2) is 5.27. The van der Waals surface area contributed by atoms with Gasteiger partial charge in [-0.3, -0.25) is 0 Å². The number of hydrogen-bond acceptors (Lipinski definition) is 2. The fraction of sp³-hybridized carbons (Fsp3) is 1.00. The van der Waals surface area contributed by atoms with Crippen LogP contribution in [0.2, 0.25) is 0 Å². The van der Waals surface area contributed by atoms with Crippen molar-refractivity contribution in [2.24, 2.45) is 17.8 Å². The SMILES string of the molecule is CC1CC1CNC1CCCCC1C1CCCN1. The van der Waals surface area contributed by atoms with Gasteiger partial charge in [0, 0.05) is 12.1 Å². The normalized spacial score (nSPS) is 46.1. The second-order valence-electron chi connectivity index (χ2n) is 6.64. The van der Waals surface area contributed by atoms with Crippen LogP contribution < -0.4 is 10.6 Å². The van der Waals surface area contributed by atoms with Gasteiger partial charge in [0.15, 0.2) is 0 Å². The molecule has 1 heterocycles. The Kier molecular flexibility index (Phi) is 3.72. The average molecular weight is 236 g/mol. The Morgan fingerprint density at radius 2 is 1.94 bits per heavy atom. The molecule has 1 saturated heterocycles. The average Bonchev–Trinajstić information content (AvgIpc) is 2.83. The first-order valence-corrected chi connectivity index (χ1v) is 7.81. The number of nitrogens with one attached hydrogen (secondary N) is 2. The summed E-state index contributed by atoms with van der Waals surface area (Å²) in [5.41, 5.74) is 0. The van der Waals surface area contributed by atoms with Crippen LogP contribution in [0.25, 0.3) is 0 Å². The first-order valence-electron chi connectivity index (χ1n) is 7.81. The van der Waals surface area contributed by atoms with Crippen LogP contribution in [0.3, 0.4) is 0 Å². The molecule has 0 bridgehead atoms. The monoisotopic (exact) mass is 236 g/mol. The highest BCUT2D eigenvalue weighted by molar-refractivity contribution is 4.93. The van der Waals surface area contributed by atoms with Gasteiger partial charge in [0.2, 0.25) is 0 Å². The van der Waals surface area contributed by atoms with Gasteiger partial charge in [0.1, 0.15) is 0 Å². The zero-order chi connectivity index (χ0) is 11.7. The first-order chi connectivity index (χ1) is 8.34. The maximum Gasteiger partial charge on any atom is 0.0111 e. The molecular weight excluding hydrogens is 208 g/mol. The molecule has 98 valence electrons. The van der Waals surface area contributed by atoms with Crippen LogP contribution in [0.5, 0.6) is 0 Å². The fourth-order valence-electron chi connectivity index (χ4n) is 3.96. The molecule has 0 spiro atoms. The quantitative estimate of drug-likeness (QED) is 0.784. The Bertz CT molecular complexity index is 247. The maximum absolute atomic E-state index is 3.90. The van der Waals surface area contributed by atoms with Gasteiger partial charge in [-0.1, -0.05) is 19.8 Å². The lowest BCUT2D eigenvalue weighted by atomic mass is 9.79. The third-order valence-electron chi connectivity index (χ3n) is 5.35. The molecule has 5 unspecified atom stereocenters. The summed E-state index contributed by atoms with van der Waals surface area (Å²) in [5, 5.41) is 7.63. The van der Waals surface area contributed by atoms with Gasteiger partial charge in [-0.2, -0.15) is 0 Å². The van der Waals surface area contributed by atoms with E-state index in [1.165, 1.54) is 58.0 Å². The van der Waals surface area contributed by atoms with Gasteiger partial charge >= 0.3 is 0 Å². The molecule has 0 aromatic heterocycles. The Labute approximate surface area is 106 Å². The third kappa shape index (κ3) is 2.85. The van der Waals surface area contributed by atoms with E-state index in [9.17, 15) is 0 Å². The van der Waals surface area contributed by atoms with E-state index in [4.69, 9.17) is 0 Å². The molecule has 2 saturated carbocycles.